The van der Waals surface area contributed by atoms with Gasteiger partial charge in [0.2, 0.25) is 17.8 Å². The fraction of sp³-hybridized carbons (Fsp3) is 0.145. The number of aromatic nitrogens is 10. The monoisotopic (exact) mass is 876 g/mol. The summed E-state index contributed by atoms with van der Waals surface area (Å²) < 4.78 is 19.6. The van der Waals surface area contributed by atoms with Crippen molar-refractivity contribution < 1.29 is 9.47 Å². The molecule has 12 aromatic rings. The van der Waals surface area contributed by atoms with Gasteiger partial charge in [-0.05, 0) is 82.6 Å². The molecule has 67 heavy (non-hydrogen) atoms. The van der Waals surface area contributed by atoms with E-state index in [4.69, 9.17) is 29.4 Å². The highest BCUT2D eigenvalue weighted by molar-refractivity contribution is 6.11. The van der Waals surface area contributed by atoms with Gasteiger partial charge in [0.15, 0.2) is 0 Å². The first-order valence-electron chi connectivity index (χ1n) is 22.2. The predicted molar refractivity (Wildman–Crippen MR) is 264 cm³/mol. The van der Waals surface area contributed by atoms with E-state index in [2.05, 4.69) is 138 Å². The van der Waals surface area contributed by atoms with Crippen molar-refractivity contribution in [2.75, 3.05) is 0 Å². The summed E-state index contributed by atoms with van der Waals surface area (Å²) in [4.78, 5) is 32.7. The highest BCUT2D eigenvalue weighted by Gasteiger charge is 2.22. The first kappa shape index (κ1) is 40.0. The van der Waals surface area contributed by atoms with Crippen molar-refractivity contribution in [3.63, 3.8) is 0 Å². The maximum Gasteiger partial charge on any atom is 0.237 e. The van der Waals surface area contributed by atoms with Crippen molar-refractivity contribution in [1.82, 2.24) is 48.6 Å². The van der Waals surface area contributed by atoms with Gasteiger partial charge in [0.05, 0.1) is 33.1 Å². The summed E-state index contributed by atoms with van der Waals surface area (Å²) in [5.74, 6) is 4.31. The average molecular weight is 877 g/mol. The summed E-state index contributed by atoms with van der Waals surface area (Å²) in [6, 6.07) is 41.2. The Kier molecular flexibility index (Phi) is 8.98. The Balaban J connectivity index is 0.928. The minimum absolute atomic E-state index is 0.0661. The molecule has 0 saturated heterocycles. The molecule has 0 saturated carbocycles. The molecule has 12 nitrogen and oxygen atoms in total. The van der Waals surface area contributed by atoms with Crippen LogP contribution in [-0.4, -0.2) is 48.6 Å². The van der Waals surface area contributed by atoms with Crippen LogP contribution in [0.3, 0.4) is 0 Å². The van der Waals surface area contributed by atoms with Gasteiger partial charge >= 0.3 is 0 Å². The van der Waals surface area contributed by atoms with Gasteiger partial charge in [-0.1, -0.05) is 77.9 Å². The molecule has 12 heteroatoms. The topological polar surface area (TPSA) is 123 Å². The fourth-order valence-electron chi connectivity index (χ4n) is 9.05. The summed E-state index contributed by atoms with van der Waals surface area (Å²) in [5, 5.41) is 6.39. The zero-order chi connectivity index (χ0) is 45.6. The Hall–Kier alpha value is -8.51. The van der Waals surface area contributed by atoms with Crippen molar-refractivity contribution in [2.45, 2.75) is 52.4 Å². The van der Waals surface area contributed by atoms with E-state index in [0.29, 0.717) is 40.8 Å². The second-order valence-electron chi connectivity index (χ2n) is 18.9. The number of para-hydroxylation sites is 2. The summed E-state index contributed by atoms with van der Waals surface area (Å²) in [6.07, 6.45) is 10.7. The second-order valence-corrected chi connectivity index (χ2v) is 18.9. The van der Waals surface area contributed by atoms with Gasteiger partial charge in [-0.3, -0.25) is 13.7 Å². The van der Waals surface area contributed by atoms with E-state index < -0.39 is 0 Å². The molecule has 6 heterocycles. The molecule has 0 fully saturated rings. The van der Waals surface area contributed by atoms with Gasteiger partial charge in [-0.25, -0.2) is 34.9 Å². The van der Waals surface area contributed by atoms with Gasteiger partial charge < -0.3 is 9.47 Å². The lowest BCUT2D eigenvalue weighted by atomic mass is 9.89. The number of benzene rings is 6. The Bertz CT molecular complexity index is 3640. The van der Waals surface area contributed by atoms with Crippen LogP contribution in [0.2, 0.25) is 0 Å². The van der Waals surface area contributed by atoms with Crippen LogP contribution >= 0.6 is 0 Å². The molecule has 0 aliphatic heterocycles. The van der Waals surface area contributed by atoms with Crippen molar-refractivity contribution in [1.29, 1.82) is 0 Å². The molecular formula is C55H44N10O2. The van der Waals surface area contributed by atoms with Crippen LogP contribution in [0.25, 0.3) is 83.3 Å². The fourth-order valence-corrected chi connectivity index (χ4v) is 9.05. The van der Waals surface area contributed by atoms with Gasteiger partial charge in [0, 0.05) is 81.4 Å². The molecule has 0 spiro atoms. The number of hydrogen-bond donors (Lipinski definition) is 0. The highest BCUT2D eigenvalue weighted by atomic mass is 16.5. The number of hydrogen-bond acceptors (Lipinski definition) is 9. The van der Waals surface area contributed by atoms with E-state index >= 15 is 0 Å². The normalized spacial score (nSPS) is 12.3. The Morgan fingerprint density at radius 1 is 0.343 bits per heavy atom. The van der Waals surface area contributed by atoms with Gasteiger partial charge in [0.25, 0.3) is 0 Å². The number of ether oxygens (including phenoxy) is 2. The van der Waals surface area contributed by atoms with Gasteiger partial charge in [-0.2, -0.15) is 0 Å². The molecule has 6 aromatic carbocycles. The minimum atomic E-state index is -0.0661. The van der Waals surface area contributed by atoms with Crippen LogP contribution in [0.4, 0.5) is 0 Å². The van der Waals surface area contributed by atoms with Crippen LogP contribution in [0, 0.1) is 0 Å². The number of nitrogens with zero attached hydrogens (tertiary/aromatic N) is 10. The van der Waals surface area contributed by atoms with Crippen LogP contribution in [-0.2, 0) is 10.8 Å². The smallest absolute Gasteiger partial charge is 0.237 e. The van der Waals surface area contributed by atoms with E-state index in [-0.39, 0.29) is 10.8 Å². The zero-order valence-corrected chi connectivity index (χ0v) is 37.8. The third-order valence-corrected chi connectivity index (χ3v) is 12.6. The molecular weight excluding hydrogens is 833 g/mol. The summed E-state index contributed by atoms with van der Waals surface area (Å²) >= 11 is 0. The first-order chi connectivity index (χ1) is 32.5. The molecule has 0 amide bonds. The number of fused-ring (bicyclic) bond motifs is 9. The van der Waals surface area contributed by atoms with Crippen molar-refractivity contribution in [2.24, 2.45) is 0 Å². The van der Waals surface area contributed by atoms with Crippen LogP contribution in [0.15, 0.2) is 159 Å². The van der Waals surface area contributed by atoms with Crippen molar-refractivity contribution >= 4 is 65.4 Å². The van der Waals surface area contributed by atoms with Gasteiger partial charge in [-0.15, -0.1) is 0 Å². The van der Waals surface area contributed by atoms with Crippen molar-refractivity contribution in [3.8, 4) is 40.8 Å². The zero-order valence-electron chi connectivity index (χ0n) is 37.8. The van der Waals surface area contributed by atoms with Crippen LogP contribution in [0.5, 0.6) is 23.0 Å². The maximum atomic E-state index is 6.70. The third kappa shape index (κ3) is 6.79. The molecule has 0 N–H and O–H groups in total. The molecule has 0 bridgehead atoms. The molecule has 0 aliphatic carbocycles. The van der Waals surface area contributed by atoms with Crippen LogP contribution in [0.1, 0.15) is 52.7 Å². The number of rotatable bonds is 7. The Morgan fingerprint density at radius 3 is 0.985 bits per heavy atom. The Labute approximate surface area is 385 Å². The molecule has 0 radical (unpaired) electrons. The Morgan fingerprint density at radius 2 is 0.642 bits per heavy atom. The molecule has 6 aromatic heterocycles. The van der Waals surface area contributed by atoms with Crippen molar-refractivity contribution in [3.05, 3.63) is 170 Å². The van der Waals surface area contributed by atoms with E-state index in [0.717, 1.165) is 76.5 Å². The van der Waals surface area contributed by atoms with Crippen LogP contribution < -0.4 is 9.47 Å². The minimum Gasteiger partial charge on any atom is -0.457 e. The van der Waals surface area contributed by atoms with E-state index in [1.807, 2.05) is 77.9 Å². The van der Waals surface area contributed by atoms with E-state index in [1.54, 1.807) is 0 Å². The SMILES string of the molecule is CC(C)(C)c1cnc(-n2c3ccccc3c3ccc(Oc4ccc5c6ccc(Oc7ccc8c9ccccc9n(-c9ncc(C(C)(C)C)cn9)c8c7)cc6n(-c6ncncn6)c5c4)cc32)nc1. The summed E-state index contributed by atoms with van der Waals surface area (Å²) in [6.45, 7) is 13.0. The predicted octanol–water partition coefficient (Wildman–Crippen LogP) is 12.9. The largest absolute Gasteiger partial charge is 0.457 e. The average Bonchev–Trinajstić information content (AvgIpc) is 3.96. The van der Waals surface area contributed by atoms with Gasteiger partial charge in [0.1, 0.15) is 35.7 Å². The second kappa shape index (κ2) is 15.0. The summed E-state index contributed by atoms with van der Waals surface area (Å²) in [5.41, 5.74) is 7.66. The lowest BCUT2D eigenvalue weighted by molar-refractivity contribution is 0.484. The standard InChI is InChI=1S/C55H44N10O2/c1-54(2,3)33-27-57-51(58-28-33)63-45-13-9-7-11-39(45)41-19-15-35(23-47(41)63)66-37-17-21-43-44-22-18-38(26-50(44)65(49(43)25-37)53-61-31-56-32-62-53)67-36-16-20-42-40-12-8-10-14-46(40)64(48(42)24-36)52-59-29-34(30-60-52)55(4,5)6/h7-32H,1-6H3. The molecule has 0 unspecified atom stereocenters. The van der Waals surface area contributed by atoms with E-state index in [9.17, 15) is 0 Å². The first-order valence-corrected chi connectivity index (χ1v) is 22.2. The molecule has 12 rings (SSSR count). The molecule has 0 aliphatic rings. The lowest BCUT2D eigenvalue weighted by Gasteiger charge is -2.18. The molecule has 0 atom stereocenters. The lowest BCUT2D eigenvalue weighted by Crippen LogP contribution is -2.13. The third-order valence-electron chi connectivity index (χ3n) is 12.6. The maximum absolute atomic E-state index is 6.70. The quantitative estimate of drug-likeness (QED) is 0.154. The highest BCUT2D eigenvalue weighted by Crippen LogP contribution is 2.40. The summed E-state index contributed by atoms with van der Waals surface area (Å²) in [7, 11) is 0. The molecule has 326 valence electrons. The van der Waals surface area contributed by atoms with E-state index in [1.165, 1.54) is 12.7 Å².